The Kier molecular flexibility index (Phi) is 7.54. The maximum Gasteiger partial charge on any atom is 0.323 e. The molecule has 41 heavy (non-hydrogen) atoms. The summed E-state index contributed by atoms with van der Waals surface area (Å²) >= 11 is 12.9. The Balaban J connectivity index is 1.76. The number of aliphatic carboxylic acids is 1. The van der Waals surface area contributed by atoms with Gasteiger partial charge in [-0.15, -0.1) is 0 Å². The summed E-state index contributed by atoms with van der Waals surface area (Å²) in [6.07, 6.45) is 2.12. The van der Waals surface area contributed by atoms with E-state index in [1.54, 1.807) is 4.90 Å². The molecule has 212 valence electrons. The van der Waals surface area contributed by atoms with E-state index >= 15 is 0 Å². The molecule has 0 bridgehead atoms. The number of non-ortho nitro benzene ring substituents is 1. The summed E-state index contributed by atoms with van der Waals surface area (Å²) in [7, 11) is 0. The van der Waals surface area contributed by atoms with Crippen molar-refractivity contribution >= 4 is 52.1 Å². The van der Waals surface area contributed by atoms with Gasteiger partial charge in [0.05, 0.1) is 20.9 Å². The normalized spacial score (nSPS) is 17.4. The van der Waals surface area contributed by atoms with Crippen LogP contribution in [0.15, 0.2) is 52.9 Å². The number of nitro groups is 2. The molecule has 0 saturated heterocycles. The predicted molar refractivity (Wildman–Crippen MR) is 145 cm³/mol. The third-order valence-corrected chi connectivity index (χ3v) is 7.79. The van der Waals surface area contributed by atoms with Crippen molar-refractivity contribution < 1.29 is 34.1 Å². The zero-order valence-corrected chi connectivity index (χ0v) is 22.7. The molecule has 0 unspecified atom stereocenters. The molecule has 1 N–H and O–H groups in total. The van der Waals surface area contributed by atoms with Gasteiger partial charge in [0, 0.05) is 58.0 Å². The first-order valence-corrected chi connectivity index (χ1v) is 13.3. The highest BCUT2D eigenvalue weighted by Crippen LogP contribution is 2.53. The zero-order chi connectivity index (χ0) is 29.6. The SMILES string of the molecule is O=C(O)CN1C2=C(C(=O)CCC2)C(c2cc(Cl)cc(Cl)c2Oc2ccc([N+](=O)[O-])cc2[N+](=O)[O-])C2=C1CCCC2=O. The average Bonchev–Trinajstić information content (AvgIpc) is 2.90. The van der Waals surface area contributed by atoms with Crippen LogP contribution in [0.25, 0.3) is 0 Å². The fourth-order valence-electron chi connectivity index (χ4n) is 5.71. The second-order valence-electron chi connectivity index (χ2n) is 9.76. The maximum absolute atomic E-state index is 13.5. The van der Waals surface area contributed by atoms with E-state index in [0.29, 0.717) is 37.1 Å². The molecule has 3 aliphatic rings. The van der Waals surface area contributed by atoms with Crippen LogP contribution < -0.4 is 4.74 Å². The molecule has 0 fully saturated rings. The van der Waals surface area contributed by atoms with Gasteiger partial charge in [-0.2, -0.15) is 0 Å². The molecule has 0 aromatic heterocycles. The minimum atomic E-state index is -1.13. The quantitative estimate of drug-likeness (QED) is 0.288. The van der Waals surface area contributed by atoms with Crippen molar-refractivity contribution in [3.8, 4) is 11.5 Å². The average molecular weight is 602 g/mol. The van der Waals surface area contributed by atoms with Crippen LogP contribution in [0.2, 0.25) is 10.0 Å². The van der Waals surface area contributed by atoms with Crippen molar-refractivity contribution in [2.75, 3.05) is 6.54 Å². The van der Waals surface area contributed by atoms with Crippen LogP contribution in [-0.2, 0) is 14.4 Å². The lowest BCUT2D eigenvalue weighted by molar-refractivity contribution is -0.394. The van der Waals surface area contributed by atoms with E-state index in [4.69, 9.17) is 27.9 Å². The van der Waals surface area contributed by atoms with Gasteiger partial charge in [0.2, 0.25) is 5.75 Å². The number of nitrogens with zero attached hydrogens (tertiary/aromatic N) is 3. The number of ketones is 2. The number of hydrogen-bond acceptors (Lipinski definition) is 9. The molecule has 0 saturated carbocycles. The number of rotatable bonds is 7. The van der Waals surface area contributed by atoms with E-state index in [-0.39, 0.29) is 62.7 Å². The molecule has 1 aliphatic heterocycles. The number of nitro benzene ring substituents is 2. The van der Waals surface area contributed by atoms with E-state index in [2.05, 4.69) is 0 Å². The molecule has 0 spiro atoms. The lowest BCUT2D eigenvalue weighted by atomic mass is 9.70. The molecule has 0 amide bonds. The monoisotopic (exact) mass is 601 g/mol. The first kappa shape index (κ1) is 28.2. The van der Waals surface area contributed by atoms with Crippen LogP contribution in [0.4, 0.5) is 11.4 Å². The molecular formula is C27H21Cl2N3O9. The number of carbonyl (C=O) groups excluding carboxylic acids is 2. The molecule has 0 atom stereocenters. The molecular weight excluding hydrogens is 581 g/mol. The number of allylic oxidation sites excluding steroid dienone is 4. The fraction of sp³-hybridized carbons (Fsp3) is 0.296. The highest BCUT2D eigenvalue weighted by atomic mass is 35.5. The predicted octanol–water partition coefficient (Wildman–Crippen LogP) is 6.10. The number of carboxylic acid groups (broad SMARTS) is 1. The number of carboxylic acids is 1. The van der Waals surface area contributed by atoms with Gasteiger partial charge >= 0.3 is 11.7 Å². The first-order valence-electron chi connectivity index (χ1n) is 12.6. The van der Waals surface area contributed by atoms with E-state index in [1.165, 1.54) is 12.1 Å². The number of benzene rings is 2. The Morgan fingerprint density at radius 1 is 0.951 bits per heavy atom. The van der Waals surface area contributed by atoms with E-state index in [0.717, 1.165) is 18.2 Å². The Hall–Kier alpha value is -4.29. The Bertz CT molecular complexity index is 1570. The number of ether oxygens (including phenoxy) is 1. The lowest BCUT2D eigenvalue weighted by Gasteiger charge is -2.43. The van der Waals surface area contributed by atoms with Crippen LogP contribution in [0, 0.1) is 20.2 Å². The van der Waals surface area contributed by atoms with Crippen molar-refractivity contribution in [3.63, 3.8) is 0 Å². The summed E-state index contributed by atoms with van der Waals surface area (Å²) < 4.78 is 5.97. The highest BCUT2D eigenvalue weighted by molar-refractivity contribution is 6.35. The van der Waals surface area contributed by atoms with E-state index in [1.807, 2.05) is 0 Å². The number of Topliss-reactive ketones (excluding diaryl/α,β-unsaturated/α-hetero) is 2. The van der Waals surface area contributed by atoms with Gasteiger partial charge in [0.1, 0.15) is 6.54 Å². The second-order valence-corrected chi connectivity index (χ2v) is 10.6. The van der Waals surface area contributed by atoms with Crippen molar-refractivity contribution in [1.82, 2.24) is 4.90 Å². The minimum Gasteiger partial charge on any atom is -0.480 e. The summed E-state index contributed by atoms with van der Waals surface area (Å²) in [5, 5.41) is 32.7. The molecule has 14 heteroatoms. The molecule has 2 aliphatic carbocycles. The van der Waals surface area contributed by atoms with Crippen LogP contribution in [0.3, 0.4) is 0 Å². The van der Waals surface area contributed by atoms with Crippen LogP contribution in [-0.4, -0.2) is 43.9 Å². The van der Waals surface area contributed by atoms with E-state index in [9.17, 15) is 39.7 Å². The van der Waals surface area contributed by atoms with E-state index < -0.39 is 39.7 Å². The number of hydrogen-bond donors (Lipinski definition) is 1. The third kappa shape index (κ3) is 5.16. The summed E-state index contributed by atoms with van der Waals surface area (Å²) in [6, 6.07) is 5.63. The van der Waals surface area contributed by atoms with Crippen LogP contribution in [0.1, 0.15) is 50.0 Å². The van der Waals surface area contributed by atoms with Crippen molar-refractivity contribution in [2.45, 2.75) is 44.4 Å². The minimum absolute atomic E-state index is 0.0797. The van der Waals surface area contributed by atoms with Crippen molar-refractivity contribution in [1.29, 1.82) is 0 Å². The first-order chi connectivity index (χ1) is 19.5. The number of carbonyl (C=O) groups is 3. The number of halogens is 2. The van der Waals surface area contributed by atoms with Gasteiger partial charge in [-0.3, -0.25) is 34.6 Å². The van der Waals surface area contributed by atoms with Gasteiger partial charge < -0.3 is 14.7 Å². The summed E-state index contributed by atoms with van der Waals surface area (Å²) in [6.45, 7) is -0.431. The molecule has 2 aromatic rings. The van der Waals surface area contributed by atoms with Gasteiger partial charge in [-0.1, -0.05) is 23.2 Å². The topological polar surface area (TPSA) is 170 Å². The van der Waals surface area contributed by atoms with Crippen LogP contribution in [0.5, 0.6) is 11.5 Å². The van der Waals surface area contributed by atoms with Crippen LogP contribution >= 0.6 is 23.2 Å². The Morgan fingerprint density at radius 3 is 2.10 bits per heavy atom. The largest absolute Gasteiger partial charge is 0.480 e. The second kappa shape index (κ2) is 10.9. The summed E-state index contributed by atoms with van der Waals surface area (Å²) in [5.74, 6) is -3.19. The van der Waals surface area contributed by atoms with Gasteiger partial charge in [-0.05, 0) is 43.9 Å². The zero-order valence-electron chi connectivity index (χ0n) is 21.2. The van der Waals surface area contributed by atoms with Gasteiger partial charge in [0.25, 0.3) is 5.69 Å². The standard InChI is InChI=1S/C27H21Cl2N3O9/c28-13-9-15(27(16(29)10-13)41-22-8-7-14(31(37)38)11-19(22)32(39)40)24-25-17(3-1-5-20(25)33)30(12-23(35)36)18-4-2-6-21(34)26(18)24/h7-11,24H,1-6,12H2,(H,35,36). The Morgan fingerprint density at radius 2 is 1.56 bits per heavy atom. The van der Waals surface area contributed by atoms with Gasteiger partial charge in [0.15, 0.2) is 17.3 Å². The molecule has 12 nitrogen and oxygen atoms in total. The van der Waals surface area contributed by atoms with Crippen molar-refractivity contribution in [2.24, 2.45) is 0 Å². The third-order valence-electron chi connectivity index (χ3n) is 7.29. The smallest absolute Gasteiger partial charge is 0.323 e. The maximum atomic E-state index is 13.5. The molecule has 1 heterocycles. The summed E-state index contributed by atoms with van der Waals surface area (Å²) in [4.78, 5) is 61.7. The van der Waals surface area contributed by atoms with Crippen molar-refractivity contribution in [3.05, 3.63) is 88.7 Å². The molecule has 0 radical (unpaired) electrons. The molecule has 5 rings (SSSR count). The highest BCUT2D eigenvalue weighted by Gasteiger charge is 2.45. The Labute approximate surface area is 242 Å². The lowest BCUT2D eigenvalue weighted by Crippen LogP contribution is -2.41. The van der Waals surface area contributed by atoms with Gasteiger partial charge in [-0.25, -0.2) is 0 Å². The molecule has 2 aromatic carbocycles. The fourth-order valence-corrected chi connectivity index (χ4v) is 6.26. The summed E-state index contributed by atoms with van der Waals surface area (Å²) in [5.41, 5.74) is 0.407.